The highest BCUT2D eigenvalue weighted by molar-refractivity contribution is 7.70. The summed E-state index contributed by atoms with van der Waals surface area (Å²) in [4.78, 5) is 15.4. The molecule has 1 aliphatic rings. The van der Waals surface area contributed by atoms with Gasteiger partial charge in [-0.05, 0) is 62.2 Å². The Kier molecular flexibility index (Phi) is 6.38. The maximum atomic E-state index is 12.6. The number of nitrogens with one attached hydrogen (secondary N) is 2. The van der Waals surface area contributed by atoms with Crippen molar-refractivity contribution in [3.63, 3.8) is 0 Å². The first kappa shape index (κ1) is 22.5. The lowest BCUT2D eigenvalue weighted by molar-refractivity contribution is 0.312. The third-order valence-corrected chi connectivity index (χ3v) is 6.92. The third kappa shape index (κ3) is 4.88. The Balaban J connectivity index is 1.65. The summed E-state index contributed by atoms with van der Waals surface area (Å²) in [6.07, 6.45) is 4.13. The molecule has 0 unspecified atom stereocenters. The van der Waals surface area contributed by atoms with E-state index in [1.807, 2.05) is 0 Å². The lowest BCUT2D eigenvalue weighted by atomic mass is 9.99. The van der Waals surface area contributed by atoms with Crippen LogP contribution >= 0.6 is 18.7 Å². The zero-order chi connectivity index (χ0) is 22.9. The van der Waals surface area contributed by atoms with E-state index in [4.69, 9.17) is 16.3 Å². The second kappa shape index (κ2) is 9.06. The molecular weight excluding hydrogens is 447 g/mol. The SMILES string of the molecule is COc1cc2c(cc1Nc1ncc(Cl)c(Nc3cccnc3P(C)(C)=O)n1)CN(C)CC2. The van der Waals surface area contributed by atoms with E-state index in [9.17, 15) is 4.57 Å². The van der Waals surface area contributed by atoms with Gasteiger partial charge in [-0.1, -0.05) is 11.6 Å². The van der Waals surface area contributed by atoms with E-state index in [2.05, 4.69) is 49.7 Å². The number of anilines is 4. The molecule has 2 N–H and O–H groups in total. The number of nitrogens with zero attached hydrogens (tertiary/aromatic N) is 4. The molecule has 168 valence electrons. The number of benzene rings is 1. The van der Waals surface area contributed by atoms with Gasteiger partial charge in [0, 0.05) is 19.3 Å². The van der Waals surface area contributed by atoms with E-state index in [0.717, 1.165) is 30.9 Å². The summed E-state index contributed by atoms with van der Waals surface area (Å²) in [7, 11) is 1.16. The Hall–Kier alpha value is -2.67. The fraction of sp³-hybridized carbons (Fsp3) is 0.318. The normalized spacial score (nSPS) is 14.0. The van der Waals surface area contributed by atoms with Crippen molar-refractivity contribution in [1.29, 1.82) is 0 Å². The number of halogens is 1. The van der Waals surface area contributed by atoms with Gasteiger partial charge < -0.3 is 24.8 Å². The molecule has 1 aromatic carbocycles. The maximum Gasteiger partial charge on any atom is 0.229 e. The predicted octanol–water partition coefficient (Wildman–Crippen LogP) is 4.26. The molecule has 4 rings (SSSR count). The molecular formula is C22H26ClN6O2P. The highest BCUT2D eigenvalue weighted by atomic mass is 35.5. The number of methoxy groups -OCH3 is 1. The van der Waals surface area contributed by atoms with E-state index < -0.39 is 7.14 Å². The second-order valence-electron chi connectivity index (χ2n) is 8.17. The molecule has 0 bridgehead atoms. The lowest BCUT2D eigenvalue weighted by Gasteiger charge is -2.26. The molecule has 0 amide bonds. The Morgan fingerprint density at radius 2 is 1.97 bits per heavy atom. The van der Waals surface area contributed by atoms with Crippen LogP contribution in [0.25, 0.3) is 0 Å². The molecule has 0 atom stereocenters. The van der Waals surface area contributed by atoms with E-state index in [0.29, 0.717) is 27.9 Å². The first-order chi connectivity index (χ1) is 15.2. The summed E-state index contributed by atoms with van der Waals surface area (Å²) >= 11 is 6.35. The fourth-order valence-corrected chi connectivity index (χ4v) is 4.87. The van der Waals surface area contributed by atoms with Gasteiger partial charge in [-0.25, -0.2) is 4.98 Å². The number of aromatic nitrogens is 3. The van der Waals surface area contributed by atoms with Crippen LogP contribution in [0, 0.1) is 0 Å². The van der Waals surface area contributed by atoms with Crippen molar-refractivity contribution in [2.75, 3.05) is 44.7 Å². The van der Waals surface area contributed by atoms with Gasteiger partial charge in [-0.3, -0.25) is 4.98 Å². The number of ether oxygens (including phenoxy) is 1. The quantitative estimate of drug-likeness (QED) is 0.514. The first-order valence-electron chi connectivity index (χ1n) is 10.2. The summed E-state index contributed by atoms with van der Waals surface area (Å²) in [5, 5.41) is 6.75. The summed E-state index contributed by atoms with van der Waals surface area (Å²) in [5.74, 6) is 1.48. The zero-order valence-corrected chi connectivity index (χ0v) is 20.2. The molecule has 0 saturated carbocycles. The Morgan fingerprint density at radius 3 is 2.72 bits per heavy atom. The van der Waals surface area contributed by atoms with Crippen LogP contribution in [0.2, 0.25) is 5.02 Å². The van der Waals surface area contributed by atoms with Crippen molar-refractivity contribution >= 4 is 47.3 Å². The van der Waals surface area contributed by atoms with Gasteiger partial charge in [0.25, 0.3) is 0 Å². The Bertz CT molecular complexity index is 1200. The molecule has 32 heavy (non-hydrogen) atoms. The minimum atomic E-state index is -2.60. The summed E-state index contributed by atoms with van der Waals surface area (Å²) in [6.45, 7) is 5.25. The van der Waals surface area contributed by atoms with E-state index in [1.165, 1.54) is 17.3 Å². The number of pyridine rings is 1. The van der Waals surface area contributed by atoms with Crippen LogP contribution in [0.5, 0.6) is 5.75 Å². The number of fused-ring (bicyclic) bond motifs is 1. The van der Waals surface area contributed by atoms with Crippen molar-refractivity contribution in [2.24, 2.45) is 0 Å². The van der Waals surface area contributed by atoms with Crippen molar-refractivity contribution in [1.82, 2.24) is 19.9 Å². The van der Waals surface area contributed by atoms with Crippen LogP contribution in [0.1, 0.15) is 11.1 Å². The first-order valence-corrected chi connectivity index (χ1v) is 13.2. The second-order valence-corrected chi connectivity index (χ2v) is 11.7. The minimum absolute atomic E-state index is 0.339. The smallest absolute Gasteiger partial charge is 0.229 e. The van der Waals surface area contributed by atoms with Gasteiger partial charge in [0.1, 0.15) is 23.3 Å². The molecule has 0 spiro atoms. The molecule has 0 aliphatic carbocycles. The monoisotopic (exact) mass is 472 g/mol. The third-order valence-electron chi connectivity index (χ3n) is 5.27. The average Bonchev–Trinajstić information content (AvgIpc) is 2.75. The summed E-state index contributed by atoms with van der Waals surface area (Å²) in [6, 6.07) is 7.72. The van der Waals surface area contributed by atoms with E-state index in [-0.39, 0.29) is 0 Å². The molecule has 8 nitrogen and oxygen atoms in total. The number of rotatable bonds is 6. The molecule has 0 radical (unpaired) electrons. The van der Waals surface area contributed by atoms with Crippen molar-refractivity contribution < 1.29 is 9.30 Å². The van der Waals surface area contributed by atoms with Crippen molar-refractivity contribution in [2.45, 2.75) is 13.0 Å². The Labute approximate surface area is 192 Å². The van der Waals surface area contributed by atoms with Gasteiger partial charge in [0.15, 0.2) is 5.82 Å². The topological polar surface area (TPSA) is 92.3 Å². The molecule has 2 aromatic heterocycles. The molecule has 0 saturated heterocycles. The predicted molar refractivity (Wildman–Crippen MR) is 130 cm³/mol. The van der Waals surface area contributed by atoms with E-state index >= 15 is 0 Å². The summed E-state index contributed by atoms with van der Waals surface area (Å²) < 4.78 is 18.2. The minimum Gasteiger partial charge on any atom is -0.495 e. The number of hydrogen-bond acceptors (Lipinski definition) is 8. The van der Waals surface area contributed by atoms with Crippen LogP contribution in [-0.2, 0) is 17.5 Å². The van der Waals surface area contributed by atoms with Crippen LogP contribution in [0.15, 0.2) is 36.7 Å². The largest absolute Gasteiger partial charge is 0.495 e. The number of hydrogen-bond donors (Lipinski definition) is 2. The standard InChI is InChI=1S/C22H26ClN6O2P/c1-29-9-7-14-11-19(31-2)18(10-15(14)13-29)27-22-25-12-16(23)20(28-22)26-17-6-5-8-24-21(17)32(3,4)30/h5-6,8,10-12H,7,9,13H2,1-4H3,(H2,25,26,27,28). The molecule has 3 aromatic rings. The summed E-state index contributed by atoms with van der Waals surface area (Å²) in [5.41, 5.74) is 4.41. The van der Waals surface area contributed by atoms with Gasteiger partial charge in [-0.2, -0.15) is 4.98 Å². The molecule has 3 heterocycles. The lowest BCUT2D eigenvalue weighted by Crippen LogP contribution is -2.26. The van der Waals surface area contributed by atoms with Crippen LogP contribution in [0.4, 0.5) is 23.1 Å². The highest BCUT2D eigenvalue weighted by Gasteiger charge is 2.20. The molecule has 0 fully saturated rings. The van der Waals surface area contributed by atoms with Crippen molar-refractivity contribution in [3.05, 3.63) is 52.8 Å². The highest BCUT2D eigenvalue weighted by Crippen LogP contribution is 2.38. The van der Waals surface area contributed by atoms with Crippen LogP contribution in [-0.4, -0.2) is 53.9 Å². The molecule has 10 heteroatoms. The van der Waals surface area contributed by atoms with Gasteiger partial charge in [0.05, 0.1) is 24.7 Å². The van der Waals surface area contributed by atoms with E-state index in [1.54, 1.807) is 38.8 Å². The van der Waals surface area contributed by atoms with Gasteiger partial charge >= 0.3 is 0 Å². The number of likely N-dealkylation sites (N-methyl/N-ethyl adjacent to an activating group) is 1. The van der Waals surface area contributed by atoms with Gasteiger partial charge in [-0.15, -0.1) is 0 Å². The van der Waals surface area contributed by atoms with Gasteiger partial charge in [0.2, 0.25) is 5.95 Å². The molecule has 1 aliphatic heterocycles. The van der Waals surface area contributed by atoms with Crippen LogP contribution in [0.3, 0.4) is 0 Å². The Morgan fingerprint density at radius 1 is 1.16 bits per heavy atom. The zero-order valence-electron chi connectivity index (χ0n) is 18.5. The average molecular weight is 473 g/mol. The van der Waals surface area contributed by atoms with Crippen LogP contribution < -0.4 is 20.8 Å². The fourth-order valence-electron chi connectivity index (χ4n) is 3.68. The maximum absolute atomic E-state index is 12.6. The van der Waals surface area contributed by atoms with Crippen molar-refractivity contribution in [3.8, 4) is 5.75 Å².